The van der Waals surface area contributed by atoms with Crippen LogP contribution in [0.1, 0.15) is 36.7 Å². The molecular formula is C19H14ClFO3S. The quantitative estimate of drug-likeness (QED) is 0.458. The highest BCUT2D eigenvalue weighted by Gasteiger charge is 2.22. The summed E-state index contributed by atoms with van der Waals surface area (Å²) in [6, 6.07) is 7.61. The number of carbonyl (C=O) groups excluding carboxylic acids is 2. The van der Waals surface area contributed by atoms with Gasteiger partial charge in [-0.1, -0.05) is 17.7 Å². The van der Waals surface area contributed by atoms with Crippen LogP contribution in [0.2, 0.25) is 5.02 Å². The number of hydrogen-bond acceptors (Lipinski definition) is 4. The zero-order valence-corrected chi connectivity index (χ0v) is 15.3. The summed E-state index contributed by atoms with van der Waals surface area (Å²) in [5, 5.41) is 1.03. The highest BCUT2D eigenvalue weighted by atomic mass is 35.5. The van der Waals surface area contributed by atoms with Crippen molar-refractivity contribution in [2.45, 2.75) is 13.8 Å². The average molecular weight is 377 g/mol. The highest BCUT2D eigenvalue weighted by Crippen LogP contribution is 2.38. The van der Waals surface area contributed by atoms with Crippen LogP contribution in [0.5, 0.6) is 0 Å². The first kappa shape index (κ1) is 17.6. The SMILES string of the molecule is COC(=O)c1ccc2c(Cl)c(C(=O)c3c(C)cc(F)cc3C)sc2c1. The smallest absolute Gasteiger partial charge is 0.337 e. The van der Waals surface area contributed by atoms with Gasteiger partial charge in [0.05, 0.1) is 22.6 Å². The molecule has 0 aliphatic rings. The van der Waals surface area contributed by atoms with E-state index in [1.165, 1.54) is 30.6 Å². The predicted octanol–water partition coefficient (Wildman–Crippen LogP) is 5.33. The molecule has 3 aromatic rings. The van der Waals surface area contributed by atoms with Gasteiger partial charge in [0, 0.05) is 15.6 Å². The molecule has 0 spiro atoms. The zero-order chi connectivity index (χ0) is 18.3. The third-order valence-electron chi connectivity index (χ3n) is 3.98. The van der Waals surface area contributed by atoms with Gasteiger partial charge in [-0.3, -0.25) is 4.79 Å². The first-order valence-corrected chi connectivity index (χ1v) is 8.64. The van der Waals surface area contributed by atoms with E-state index in [9.17, 15) is 14.0 Å². The van der Waals surface area contributed by atoms with Crippen LogP contribution in [0, 0.1) is 19.7 Å². The summed E-state index contributed by atoms with van der Waals surface area (Å²) in [4.78, 5) is 25.0. The van der Waals surface area contributed by atoms with E-state index in [-0.39, 0.29) is 11.6 Å². The van der Waals surface area contributed by atoms with E-state index < -0.39 is 5.97 Å². The van der Waals surface area contributed by atoms with E-state index in [0.29, 0.717) is 42.2 Å². The van der Waals surface area contributed by atoms with Crippen molar-refractivity contribution in [2.24, 2.45) is 0 Å². The summed E-state index contributed by atoms with van der Waals surface area (Å²) in [7, 11) is 1.31. The lowest BCUT2D eigenvalue weighted by Gasteiger charge is -2.08. The van der Waals surface area contributed by atoms with E-state index in [4.69, 9.17) is 16.3 Å². The fourth-order valence-electron chi connectivity index (χ4n) is 2.84. The first-order valence-electron chi connectivity index (χ1n) is 7.45. The number of thiophene rings is 1. The molecule has 3 nitrogen and oxygen atoms in total. The molecule has 0 saturated heterocycles. The molecule has 1 heterocycles. The Hall–Kier alpha value is -2.24. The Kier molecular flexibility index (Phi) is 4.62. The number of fused-ring (bicyclic) bond motifs is 1. The van der Waals surface area contributed by atoms with E-state index in [1.54, 1.807) is 32.0 Å². The number of ether oxygens (including phenoxy) is 1. The summed E-state index contributed by atoms with van der Waals surface area (Å²) in [6.07, 6.45) is 0. The van der Waals surface area contributed by atoms with Gasteiger partial charge in [-0.25, -0.2) is 9.18 Å². The number of halogens is 2. The van der Waals surface area contributed by atoms with Gasteiger partial charge in [-0.05, 0) is 49.2 Å². The van der Waals surface area contributed by atoms with Crippen LogP contribution in [-0.4, -0.2) is 18.9 Å². The van der Waals surface area contributed by atoms with Gasteiger partial charge in [0.15, 0.2) is 0 Å². The second kappa shape index (κ2) is 6.58. The van der Waals surface area contributed by atoms with Crippen molar-refractivity contribution in [3.63, 3.8) is 0 Å². The molecule has 0 amide bonds. The highest BCUT2D eigenvalue weighted by molar-refractivity contribution is 7.21. The normalized spacial score (nSPS) is 10.9. The number of methoxy groups -OCH3 is 1. The van der Waals surface area contributed by atoms with Gasteiger partial charge >= 0.3 is 5.97 Å². The van der Waals surface area contributed by atoms with Crippen molar-refractivity contribution in [3.05, 3.63) is 68.3 Å². The van der Waals surface area contributed by atoms with Crippen molar-refractivity contribution in [1.82, 2.24) is 0 Å². The Morgan fingerprint density at radius 1 is 1.12 bits per heavy atom. The molecule has 128 valence electrons. The molecule has 0 fully saturated rings. The van der Waals surface area contributed by atoms with Crippen LogP contribution in [0.3, 0.4) is 0 Å². The van der Waals surface area contributed by atoms with Crippen LogP contribution < -0.4 is 0 Å². The molecule has 0 bridgehead atoms. The average Bonchev–Trinajstić information content (AvgIpc) is 2.89. The Labute approximate surface area is 153 Å². The van der Waals surface area contributed by atoms with Crippen LogP contribution in [0.4, 0.5) is 4.39 Å². The maximum Gasteiger partial charge on any atom is 0.337 e. The number of ketones is 1. The summed E-state index contributed by atoms with van der Waals surface area (Å²) in [5.74, 6) is -1.08. The lowest BCUT2D eigenvalue weighted by molar-refractivity contribution is 0.0601. The number of rotatable bonds is 3. The van der Waals surface area contributed by atoms with E-state index in [2.05, 4.69) is 0 Å². The largest absolute Gasteiger partial charge is 0.465 e. The molecule has 0 atom stereocenters. The third kappa shape index (κ3) is 3.05. The fraction of sp³-hybridized carbons (Fsp3) is 0.158. The monoisotopic (exact) mass is 376 g/mol. The summed E-state index contributed by atoms with van der Waals surface area (Å²) < 4.78 is 18.9. The zero-order valence-electron chi connectivity index (χ0n) is 13.8. The molecule has 0 saturated carbocycles. The molecule has 0 aliphatic heterocycles. The molecule has 0 radical (unpaired) electrons. The van der Waals surface area contributed by atoms with Gasteiger partial charge in [-0.2, -0.15) is 0 Å². The minimum Gasteiger partial charge on any atom is -0.465 e. The second-order valence-corrected chi connectivity index (χ2v) is 7.12. The Balaban J connectivity index is 2.14. The molecule has 2 aromatic carbocycles. The molecule has 0 unspecified atom stereocenters. The van der Waals surface area contributed by atoms with E-state index in [0.717, 1.165) is 0 Å². The molecular weight excluding hydrogens is 363 g/mol. The topological polar surface area (TPSA) is 43.4 Å². The number of hydrogen-bond donors (Lipinski definition) is 0. The standard InChI is InChI=1S/C19H14ClFO3S/c1-9-6-12(21)7-10(2)15(9)17(22)18-16(20)13-5-4-11(19(23)24-3)8-14(13)25-18/h4-8H,1-3H3. The van der Waals surface area contributed by atoms with Gasteiger partial charge in [-0.15, -0.1) is 11.3 Å². The van der Waals surface area contributed by atoms with E-state index in [1.807, 2.05) is 0 Å². The minimum atomic E-state index is -0.454. The molecule has 0 N–H and O–H groups in total. The van der Waals surface area contributed by atoms with Gasteiger partial charge in [0.2, 0.25) is 5.78 Å². The maximum absolute atomic E-state index is 13.5. The van der Waals surface area contributed by atoms with Crippen molar-refractivity contribution in [1.29, 1.82) is 0 Å². The Morgan fingerprint density at radius 3 is 2.36 bits per heavy atom. The predicted molar refractivity (Wildman–Crippen MR) is 97.5 cm³/mol. The minimum absolute atomic E-state index is 0.249. The van der Waals surface area contributed by atoms with Crippen molar-refractivity contribution < 1.29 is 18.7 Å². The summed E-state index contributed by atoms with van der Waals surface area (Å²) in [5.41, 5.74) is 1.96. The summed E-state index contributed by atoms with van der Waals surface area (Å²) >= 11 is 7.61. The Morgan fingerprint density at radius 2 is 1.76 bits per heavy atom. The van der Waals surface area contributed by atoms with Gasteiger partial charge in [0.1, 0.15) is 5.82 Å². The van der Waals surface area contributed by atoms with Crippen molar-refractivity contribution in [2.75, 3.05) is 7.11 Å². The Bertz CT molecular complexity index is 1000. The molecule has 1 aromatic heterocycles. The van der Waals surface area contributed by atoms with Crippen LogP contribution in [0.15, 0.2) is 30.3 Å². The molecule has 6 heteroatoms. The molecule has 3 rings (SSSR count). The van der Waals surface area contributed by atoms with Gasteiger partial charge < -0.3 is 4.74 Å². The fourth-order valence-corrected chi connectivity index (χ4v) is 4.34. The lowest BCUT2D eigenvalue weighted by atomic mass is 9.98. The molecule has 25 heavy (non-hydrogen) atoms. The van der Waals surface area contributed by atoms with Crippen LogP contribution >= 0.6 is 22.9 Å². The second-order valence-electron chi connectivity index (χ2n) is 5.69. The van der Waals surface area contributed by atoms with Crippen LogP contribution in [-0.2, 0) is 4.74 Å². The third-order valence-corrected chi connectivity index (χ3v) is 5.64. The van der Waals surface area contributed by atoms with Crippen LogP contribution in [0.25, 0.3) is 10.1 Å². The van der Waals surface area contributed by atoms with Crippen molar-refractivity contribution in [3.8, 4) is 0 Å². The lowest BCUT2D eigenvalue weighted by Crippen LogP contribution is -2.05. The van der Waals surface area contributed by atoms with E-state index >= 15 is 0 Å². The number of benzene rings is 2. The summed E-state index contributed by atoms with van der Waals surface area (Å²) in [6.45, 7) is 3.39. The van der Waals surface area contributed by atoms with Crippen molar-refractivity contribution >= 4 is 44.8 Å². The number of esters is 1. The molecule has 0 aliphatic carbocycles. The first-order chi connectivity index (χ1) is 11.8. The number of carbonyl (C=O) groups is 2. The number of aryl methyl sites for hydroxylation is 2. The van der Waals surface area contributed by atoms with Gasteiger partial charge in [0.25, 0.3) is 0 Å². The maximum atomic E-state index is 13.5.